The van der Waals surface area contributed by atoms with Gasteiger partial charge in [-0.15, -0.1) is 0 Å². The molecule has 2 aromatic heterocycles. The van der Waals surface area contributed by atoms with Gasteiger partial charge in [-0.1, -0.05) is 24.3 Å². The number of hydrogen-bond donors (Lipinski definition) is 1. The van der Waals surface area contributed by atoms with Gasteiger partial charge in [0, 0.05) is 30.5 Å². The first-order valence-electron chi connectivity index (χ1n) is 9.15. The third kappa shape index (κ3) is 3.53. The minimum atomic E-state index is 0.0766. The lowest BCUT2D eigenvalue weighted by Gasteiger charge is -2.28. The number of amides is 1. The predicted molar refractivity (Wildman–Crippen MR) is 106 cm³/mol. The van der Waals surface area contributed by atoms with E-state index in [0.29, 0.717) is 6.54 Å². The van der Waals surface area contributed by atoms with Gasteiger partial charge in [-0.2, -0.15) is 0 Å². The lowest BCUT2D eigenvalue weighted by Crippen LogP contribution is -2.35. The second-order valence-corrected chi connectivity index (χ2v) is 6.84. The van der Waals surface area contributed by atoms with Crippen molar-refractivity contribution in [3.8, 4) is 11.5 Å². The molecule has 5 heteroatoms. The van der Waals surface area contributed by atoms with Crippen molar-refractivity contribution in [3.63, 3.8) is 0 Å². The second-order valence-electron chi connectivity index (χ2n) is 6.84. The summed E-state index contributed by atoms with van der Waals surface area (Å²) in [6.45, 7) is 5.33. The standard InChI is InChI=1S/C22H22N4O/c1-15-16(2)25-21(24-15)20-13-18(10-11-23-20)19-9-6-12-26(14-19)22(27)17-7-4-3-5-8-17/h3-5,7-11,13H,6,12,14H2,1-2H3,(H,24,25). The number of aromatic nitrogens is 3. The first-order chi connectivity index (χ1) is 13.1. The van der Waals surface area contributed by atoms with Crippen LogP contribution in [0, 0.1) is 13.8 Å². The molecule has 1 aromatic carbocycles. The van der Waals surface area contributed by atoms with Crippen LogP contribution in [0.15, 0.2) is 54.7 Å². The van der Waals surface area contributed by atoms with E-state index in [0.717, 1.165) is 52.6 Å². The SMILES string of the molecule is Cc1nc(-c2cc(C3=CCCN(C(=O)c4ccccc4)C3)ccn2)[nH]c1C. The summed E-state index contributed by atoms with van der Waals surface area (Å²) in [5, 5.41) is 0. The highest BCUT2D eigenvalue weighted by molar-refractivity contribution is 5.95. The molecule has 0 radical (unpaired) electrons. The van der Waals surface area contributed by atoms with Crippen LogP contribution in [0.2, 0.25) is 0 Å². The smallest absolute Gasteiger partial charge is 0.254 e. The van der Waals surface area contributed by atoms with Crippen LogP contribution < -0.4 is 0 Å². The van der Waals surface area contributed by atoms with Gasteiger partial charge >= 0.3 is 0 Å². The monoisotopic (exact) mass is 358 g/mol. The number of carbonyl (C=O) groups excluding carboxylic acids is 1. The van der Waals surface area contributed by atoms with Gasteiger partial charge in [0.05, 0.1) is 5.69 Å². The molecule has 27 heavy (non-hydrogen) atoms. The fourth-order valence-electron chi connectivity index (χ4n) is 3.32. The largest absolute Gasteiger partial charge is 0.341 e. The molecule has 0 saturated heterocycles. The molecule has 3 heterocycles. The van der Waals surface area contributed by atoms with E-state index in [1.165, 1.54) is 0 Å². The second kappa shape index (κ2) is 7.19. The summed E-state index contributed by atoms with van der Waals surface area (Å²) in [6, 6.07) is 13.5. The van der Waals surface area contributed by atoms with Gasteiger partial charge in [0.1, 0.15) is 5.69 Å². The maximum absolute atomic E-state index is 12.8. The Labute approximate surface area is 158 Å². The fourth-order valence-corrected chi connectivity index (χ4v) is 3.32. The highest BCUT2D eigenvalue weighted by atomic mass is 16.2. The van der Waals surface area contributed by atoms with Crippen LogP contribution in [0.1, 0.15) is 33.7 Å². The Morgan fingerprint density at radius 2 is 1.96 bits per heavy atom. The van der Waals surface area contributed by atoms with E-state index in [2.05, 4.69) is 21.0 Å². The van der Waals surface area contributed by atoms with Crippen molar-refractivity contribution in [2.45, 2.75) is 20.3 Å². The number of benzene rings is 1. The molecule has 3 aromatic rings. The third-order valence-corrected chi connectivity index (χ3v) is 4.96. The van der Waals surface area contributed by atoms with Crippen molar-refractivity contribution in [1.82, 2.24) is 19.9 Å². The summed E-state index contributed by atoms with van der Waals surface area (Å²) in [7, 11) is 0. The minimum absolute atomic E-state index is 0.0766. The summed E-state index contributed by atoms with van der Waals surface area (Å²) in [4.78, 5) is 27.0. The van der Waals surface area contributed by atoms with Gasteiger partial charge in [0.25, 0.3) is 5.91 Å². The molecule has 0 atom stereocenters. The van der Waals surface area contributed by atoms with E-state index in [1.54, 1.807) is 6.20 Å². The zero-order valence-corrected chi connectivity index (χ0v) is 15.6. The van der Waals surface area contributed by atoms with E-state index >= 15 is 0 Å². The third-order valence-electron chi connectivity index (χ3n) is 4.96. The summed E-state index contributed by atoms with van der Waals surface area (Å²) in [5.74, 6) is 0.855. The number of H-pyrrole nitrogens is 1. The Hall–Kier alpha value is -3.21. The molecule has 1 aliphatic rings. The van der Waals surface area contributed by atoms with Gasteiger partial charge in [-0.25, -0.2) is 4.98 Å². The Bertz CT molecular complexity index is 985. The highest BCUT2D eigenvalue weighted by Crippen LogP contribution is 2.25. The number of imidazole rings is 1. The molecule has 136 valence electrons. The molecule has 4 rings (SSSR count). The van der Waals surface area contributed by atoms with Crippen LogP contribution in [-0.2, 0) is 0 Å². The molecule has 0 bridgehead atoms. The van der Waals surface area contributed by atoms with Gasteiger partial charge < -0.3 is 9.88 Å². The van der Waals surface area contributed by atoms with Crippen molar-refractivity contribution < 1.29 is 4.79 Å². The van der Waals surface area contributed by atoms with Crippen LogP contribution in [0.3, 0.4) is 0 Å². The Morgan fingerprint density at radius 1 is 1.15 bits per heavy atom. The first-order valence-corrected chi connectivity index (χ1v) is 9.15. The fraction of sp³-hybridized carbons (Fsp3) is 0.227. The van der Waals surface area contributed by atoms with Crippen molar-refractivity contribution in [2.75, 3.05) is 13.1 Å². The van der Waals surface area contributed by atoms with Crippen LogP contribution >= 0.6 is 0 Å². The molecular formula is C22H22N4O. The Balaban J connectivity index is 1.58. The number of aryl methyl sites for hydroxylation is 2. The van der Waals surface area contributed by atoms with Gasteiger partial charge in [-0.05, 0) is 55.7 Å². The average molecular weight is 358 g/mol. The van der Waals surface area contributed by atoms with Crippen molar-refractivity contribution in [2.24, 2.45) is 0 Å². The van der Waals surface area contributed by atoms with Crippen molar-refractivity contribution in [1.29, 1.82) is 0 Å². The summed E-state index contributed by atoms with van der Waals surface area (Å²) in [5.41, 5.74) is 5.81. The van der Waals surface area contributed by atoms with E-state index < -0.39 is 0 Å². The number of aromatic amines is 1. The molecular weight excluding hydrogens is 336 g/mol. The van der Waals surface area contributed by atoms with E-state index in [9.17, 15) is 4.79 Å². The van der Waals surface area contributed by atoms with Gasteiger partial charge in [0.15, 0.2) is 5.82 Å². The topological polar surface area (TPSA) is 61.9 Å². The number of rotatable bonds is 3. The zero-order chi connectivity index (χ0) is 18.8. The van der Waals surface area contributed by atoms with E-state index in [1.807, 2.05) is 61.2 Å². The predicted octanol–water partition coefficient (Wildman–Crippen LogP) is 4.02. The molecule has 1 amide bonds. The highest BCUT2D eigenvalue weighted by Gasteiger charge is 2.20. The van der Waals surface area contributed by atoms with Crippen LogP contribution in [0.25, 0.3) is 17.1 Å². The molecule has 0 saturated carbocycles. The number of nitrogens with zero attached hydrogens (tertiary/aromatic N) is 3. The minimum Gasteiger partial charge on any atom is -0.341 e. The Morgan fingerprint density at radius 3 is 2.70 bits per heavy atom. The lowest BCUT2D eigenvalue weighted by atomic mass is 10.0. The van der Waals surface area contributed by atoms with Crippen molar-refractivity contribution >= 4 is 11.5 Å². The lowest BCUT2D eigenvalue weighted by molar-refractivity contribution is 0.0775. The average Bonchev–Trinajstić information content (AvgIpc) is 3.07. The molecule has 5 nitrogen and oxygen atoms in total. The number of nitrogens with one attached hydrogen (secondary N) is 1. The molecule has 0 spiro atoms. The summed E-state index contributed by atoms with van der Waals surface area (Å²) >= 11 is 0. The van der Waals surface area contributed by atoms with Crippen LogP contribution in [0.4, 0.5) is 0 Å². The van der Waals surface area contributed by atoms with Gasteiger partial charge in [0.2, 0.25) is 0 Å². The molecule has 0 aliphatic carbocycles. The van der Waals surface area contributed by atoms with E-state index in [4.69, 9.17) is 0 Å². The number of carbonyl (C=O) groups is 1. The normalized spacial score (nSPS) is 14.1. The maximum atomic E-state index is 12.8. The van der Waals surface area contributed by atoms with Crippen LogP contribution in [0.5, 0.6) is 0 Å². The molecule has 1 aliphatic heterocycles. The van der Waals surface area contributed by atoms with Crippen molar-refractivity contribution in [3.05, 3.63) is 77.3 Å². The zero-order valence-electron chi connectivity index (χ0n) is 15.6. The van der Waals surface area contributed by atoms with E-state index in [-0.39, 0.29) is 5.91 Å². The summed E-state index contributed by atoms with van der Waals surface area (Å²) < 4.78 is 0. The Kier molecular flexibility index (Phi) is 4.59. The quantitative estimate of drug-likeness (QED) is 0.769. The molecule has 1 N–H and O–H groups in total. The summed E-state index contributed by atoms with van der Waals surface area (Å²) in [6.07, 6.45) is 4.87. The first kappa shape index (κ1) is 17.2. The number of pyridine rings is 1. The number of hydrogen-bond acceptors (Lipinski definition) is 3. The molecule has 0 fully saturated rings. The molecule has 0 unspecified atom stereocenters. The van der Waals surface area contributed by atoms with Crippen LogP contribution in [-0.4, -0.2) is 38.8 Å². The van der Waals surface area contributed by atoms with Gasteiger partial charge in [-0.3, -0.25) is 9.78 Å². The maximum Gasteiger partial charge on any atom is 0.254 e.